The van der Waals surface area contributed by atoms with Gasteiger partial charge in [-0.1, -0.05) is 212 Å². The molecule has 0 spiro atoms. The molecule has 2 unspecified atom stereocenters. The summed E-state index contributed by atoms with van der Waals surface area (Å²) in [5.41, 5.74) is 14.8. The quantitative estimate of drug-likeness (QED) is 0.176. The Morgan fingerprint density at radius 3 is 1.42 bits per heavy atom. The minimum absolute atomic E-state index is 0.234. The van der Waals surface area contributed by atoms with Crippen LogP contribution in [-0.4, -0.2) is 15.1 Å². The highest BCUT2D eigenvalue weighted by atomic mass is 15.4. The van der Waals surface area contributed by atoms with Crippen molar-refractivity contribution in [1.29, 1.82) is 0 Å². The van der Waals surface area contributed by atoms with Crippen LogP contribution in [0.4, 0.5) is 0 Å². The molecule has 0 saturated carbocycles. The molecular formula is C57H41N5. The maximum Gasteiger partial charge on any atom is 0.206 e. The highest BCUT2D eigenvalue weighted by Crippen LogP contribution is 2.45. The van der Waals surface area contributed by atoms with Gasteiger partial charge in [-0.25, -0.2) is 4.99 Å². The van der Waals surface area contributed by atoms with Crippen LogP contribution in [0.3, 0.4) is 0 Å². The number of aliphatic imine (C=N–C) groups is 1. The summed E-state index contributed by atoms with van der Waals surface area (Å²) in [6, 6.07) is 80.5. The predicted octanol–water partition coefficient (Wildman–Crippen LogP) is 13.7. The Balaban J connectivity index is 1.21. The number of aromatic nitrogens is 2. The van der Waals surface area contributed by atoms with E-state index in [1.807, 2.05) is 0 Å². The first kappa shape index (κ1) is 35.9. The number of para-hydroxylation sites is 3. The van der Waals surface area contributed by atoms with Crippen molar-refractivity contribution in [3.8, 4) is 39.1 Å². The molecule has 11 aromatic rings. The summed E-state index contributed by atoms with van der Waals surface area (Å²) in [7, 11) is 0. The summed E-state index contributed by atoms with van der Waals surface area (Å²) in [6.45, 7) is 0. The average Bonchev–Trinajstić information content (AvgIpc) is 3.88. The molecule has 2 aromatic heterocycles. The van der Waals surface area contributed by atoms with Gasteiger partial charge in [-0.2, -0.15) is 0 Å². The van der Waals surface area contributed by atoms with Crippen molar-refractivity contribution in [2.45, 2.75) is 12.3 Å². The summed E-state index contributed by atoms with van der Waals surface area (Å²) in [6.07, 6.45) is -0.597. The highest BCUT2D eigenvalue weighted by Gasteiger charge is 2.31. The zero-order chi connectivity index (χ0) is 41.0. The SMILES string of the molecule is c1ccc(-c2ccccc2C2N=C(n3c4ccccc4c4ccc5c6ccccc6n(-c6c(-c7ccccc7)cccc6-c6ccccc6)c5c43)NC(c3ccccc3)N2)cc1. The van der Waals surface area contributed by atoms with E-state index in [4.69, 9.17) is 4.99 Å². The third-order valence-electron chi connectivity index (χ3n) is 12.4. The van der Waals surface area contributed by atoms with Gasteiger partial charge in [0.25, 0.3) is 0 Å². The van der Waals surface area contributed by atoms with Gasteiger partial charge in [0.05, 0.1) is 27.8 Å². The lowest BCUT2D eigenvalue weighted by molar-refractivity contribution is 0.404. The Bertz CT molecular complexity index is 3400. The number of benzene rings is 9. The fraction of sp³-hybridized carbons (Fsp3) is 0.0351. The minimum atomic E-state index is -0.363. The fourth-order valence-corrected chi connectivity index (χ4v) is 9.69. The van der Waals surface area contributed by atoms with Crippen LogP contribution in [0.25, 0.3) is 82.7 Å². The van der Waals surface area contributed by atoms with E-state index in [9.17, 15) is 0 Å². The van der Waals surface area contributed by atoms with Gasteiger partial charge in [-0.3, -0.25) is 9.88 Å². The lowest BCUT2D eigenvalue weighted by atomic mass is 9.95. The van der Waals surface area contributed by atoms with Crippen molar-refractivity contribution in [1.82, 2.24) is 19.8 Å². The first-order valence-corrected chi connectivity index (χ1v) is 21.3. The molecule has 9 aromatic carbocycles. The molecule has 62 heavy (non-hydrogen) atoms. The molecule has 5 heteroatoms. The molecule has 0 aliphatic carbocycles. The fourth-order valence-electron chi connectivity index (χ4n) is 9.69. The highest BCUT2D eigenvalue weighted by molar-refractivity contribution is 6.26. The maximum atomic E-state index is 5.70. The van der Waals surface area contributed by atoms with E-state index in [0.29, 0.717) is 0 Å². The topological polar surface area (TPSA) is 46.3 Å². The van der Waals surface area contributed by atoms with E-state index < -0.39 is 0 Å². The molecule has 294 valence electrons. The third kappa shape index (κ3) is 5.86. The van der Waals surface area contributed by atoms with Gasteiger partial charge in [0.2, 0.25) is 5.96 Å². The standard InChI is InChI=1S/C57H41N5/c1-5-20-38(21-6-1)42-28-13-14-31-49(42)56-58-55(41-26-11-4-12-27-41)59-57(60-56)62-51-35-18-16-30-46(51)48-37-36-47-45-29-15-17-34-50(45)61(53(47)54(48)62)52-43(39-22-7-2-8-23-39)32-19-33-44(52)40-24-9-3-10-25-40/h1-37,55-56,58H,(H,59,60). The predicted molar refractivity (Wildman–Crippen MR) is 258 cm³/mol. The van der Waals surface area contributed by atoms with Crippen LogP contribution >= 0.6 is 0 Å². The number of nitrogens with zero attached hydrogens (tertiary/aromatic N) is 3. The lowest BCUT2D eigenvalue weighted by Crippen LogP contribution is -2.47. The maximum absolute atomic E-state index is 5.70. The molecule has 2 N–H and O–H groups in total. The van der Waals surface area contributed by atoms with Crippen molar-refractivity contribution in [3.05, 3.63) is 236 Å². The van der Waals surface area contributed by atoms with Gasteiger partial charge < -0.3 is 9.88 Å². The van der Waals surface area contributed by atoms with Crippen molar-refractivity contribution in [2.75, 3.05) is 0 Å². The molecule has 3 heterocycles. The van der Waals surface area contributed by atoms with E-state index in [0.717, 1.165) is 83.6 Å². The molecule has 0 radical (unpaired) electrons. The van der Waals surface area contributed by atoms with Crippen LogP contribution in [0.1, 0.15) is 23.5 Å². The molecular weight excluding hydrogens is 755 g/mol. The van der Waals surface area contributed by atoms with Crippen LogP contribution in [0.2, 0.25) is 0 Å². The van der Waals surface area contributed by atoms with Crippen LogP contribution in [-0.2, 0) is 0 Å². The second-order valence-corrected chi connectivity index (χ2v) is 16.0. The van der Waals surface area contributed by atoms with Crippen molar-refractivity contribution in [2.24, 2.45) is 4.99 Å². The molecule has 0 amide bonds. The van der Waals surface area contributed by atoms with E-state index in [1.165, 1.54) is 16.2 Å². The molecule has 0 fully saturated rings. The summed E-state index contributed by atoms with van der Waals surface area (Å²) in [5.74, 6) is 0.778. The lowest BCUT2D eigenvalue weighted by Gasteiger charge is -2.33. The average molecular weight is 796 g/mol. The molecule has 12 rings (SSSR count). The van der Waals surface area contributed by atoms with Gasteiger partial charge in [0, 0.05) is 32.7 Å². The number of nitrogens with one attached hydrogen (secondary N) is 2. The minimum Gasteiger partial charge on any atom is -0.336 e. The van der Waals surface area contributed by atoms with Gasteiger partial charge >= 0.3 is 0 Å². The zero-order valence-electron chi connectivity index (χ0n) is 33.9. The Morgan fingerprint density at radius 1 is 0.371 bits per heavy atom. The van der Waals surface area contributed by atoms with Gasteiger partial charge in [-0.05, 0) is 45.5 Å². The van der Waals surface area contributed by atoms with Gasteiger partial charge in [0.1, 0.15) is 12.3 Å². The number of rotatable bonds is 6. The Labute approximate surface area is 359 Å². The monoisotopic (exact) mass is 795 g/mol. The third-order valence-corrected chi connectivity index (χ3v) is 12.4. The van der Waals surface area contributed by atoms with E-state index in [-0.39, 0.29) is 12.3 Å². The molecule has 0 saturated heterocycles. The van der Waals surface area contributed by atoms with E-state index in [2.05, 4.69) is 244 Å². The molecule has 5 nitrogen and oxygen atoms in total. The largest absolute Gasteiger partial charge is 0.336 e. The number of fused-ring (bicyclic) bond motifs is 7. The molecule has 0 bridgehead atoms. The van der Waals surface area contributed by atoms with Crippen LogP contribution < -0.4 is 10.6 Å². The summed E-state index contributed by atoms with van der Waals surface area (Å²) in [5, 5.41) is 12.6. The summed E-state index contributed by atoms with van der Waals surface area (Å²) >= 11 is 0. The van der Waals surface area contributed by atoms with Crippen molar-refractivity contribution in [3.63, 3.8) is 0 Å². The molecule has 2 atom stereocenters. The van der Waals surface area contributed by atoms with Crippen LogP contribution in [0, 0.1) is 0 Å². The van der Waals surface area contributed by atoms with E-state index in [1.54, 1.807) is 0 Å². The Hall–Kier alpha value is -7.99. The summed E-state index contributed by atoms with van der Waals surface area (Å²) < 4.78 is 4.93. The Kier molecular flexibility index (Phi) is 8.65. The Morgan fingerprint density at radius 2 is 0.823 bits per heavy atom. The number of hydrogen-bond donors (Lipinski definition) is 2. The van der Waals surface area contributed by atoms with Crippen molar-refractivity contribution >= 4 is 49.6 Å². The van der Waals surface area contributed by atoms with Crippen molar-refractivity contribution < 1.29 is 0 Å². The van der Waals surface area contributed by atoms with Crippen LogP contribution in [0.5, 0.6) is 0 Å². The molecule has 1 aliphatic rings. The molecule has 1 aliphatic heterocycles. The normalized spacial score (nSPS) is 15.3. The van der Waals surface area contributed by atoms with Crippen LogP contribution in [0.15, 0.2) is 229 Å². The number of hydrogen-bond acceptors (Lipinski definition) is 3. The second kappa shape index (κ2) is 14.9. The first-order valence-electron chi connectivity index (χ1n) is 21.3. The first-order chi connectivity index (χ1) is 30.8. The van der Waals surface area contributed by atoms with E-state index >= 15 is 0 Å². The summed E-state index contributed by atoms with van der Waals surface area (Å²) in [4.78, 5) is 5.70. The van der Waals surface area contributed by atoms with Gasteiger partial charge in [-0.15, -0.1) is 0 Å². The van der Waals surface area contributed by atoms with Gasteiger partial charge in [0.15, 0.2) is 0 Å². The zero-order valence-corrected chi connectivity index (χ0v) is 33.9. The second-order valence-electron chi connectivity index (χ2n) is 16.0. The smallest absolute Gasteiger partial charge is 0.206 e.